The van der Waals surface area contributed by atoms with E-state index in [0.29, 0.717) is 0 Å². The van der Waals surface area contributed by atoms with E-state index in [-0.39, 0.29) is 56.6 Å². The first kappa shape index (κ1) is 18.3. The van der Waals surface area contributed by atoms with Crippen molar-refractivity contribution in [2.45, 2.75) is 0 Å². The molecule has 0 spiro atoms. The number of hydroxylamine groups is 3. The van der Waals surface area contributed by atoms with Gasteiger partial charge >= 0.3 is 0 Å². The van der Waals surface area contributed by atoms with Crippen molar-refractivity contribution in [3.05, 3.63) is 12.8 Å². The second-order valence-electron chi connectivity index (χ2n) is 2.39. The van der Waals surface area contributed by atoms with Gasteiger partial charge < -0.3 is 32.3 Å². The van der Waals surface area contributed by atoms with Gasteiger partial charge in [0.15, 0.2) is 6.20 Å². The Morgan fingerprint density at radius 2 is 1.19 bits per heavy atom. The fourth-order valence-corrected chi connectivity index (χ4v) is 0.774. The minimum Gasteiger partial charge on any atom is -1.00 e. The summed E-state index contributed by atoms with van der Waals surface area (Å²) in [6.45, 7) is 2.74. The summed E-state index contributed by atoms with van der Waals surface area (Å²) >= 11 is 0. The third kappa shape index (κ3) is 7.25. The average Bonchev–Trinajstić information content (AvgIpc) is 2.29. The zero-order chi connectivity index (χ0) is 11.6. The smallest absolute Gasteiger partial charge is 0.195 e. The van der Waals surface area contributed by atoms with Crippen molar-refractivity contribution < 1.29 is 51.8 Å². The molecule has 0 bridgehead atoms. The Kier molecular flexibility index (Phi) is 13.1. The highest BCUT2D eigenvalue weighted by Crippen LogP contribution is 2.11. The van der Waals surface area contributed by atoms with Crippen molar-refractivity contribution in [3.63, 3.8) is 0 Å². The highest BCUT2D eigenvalue weighted by atomic mass is 79.9. The van der Waals surface area contributed by atoms with Gasteiger partial charge in [0.25, 0.3) is 0 Å². The molecule has 0 radical (unpaired) electrons. The molecule has 0 aromatic carbocycles. The van der Waals surface area contributed by atoms with Gasteiger partial charge in [-0.1, -0.05) is 0 Å². The fraction of sp³-hybridized carbons (Fsp3) is 0.750. The summed E-state index contributed by atoms with van der Waals surface area (Å²) in [6, 6.07) is 0. The Morgan fingerprint density at radius 3 is 1.38 bits per heavy atom. The summed E-state index contributed by atoms with van der Waals surface area (Å²) < 4.78 is 0. The molecule has 0 aliphatic heterocycles. The van der Waals surface area contributed by atoms with Gasteiger partial charge in [-0.3, -0.25) is 0 Å². The minimum atomic E-state index is -0.832. The number of quaternary nitrogens is 1. The molecule has 0 rings (SSSR count). The van der Waals surface area contributed by atoms with E-state index in [1.165, 1.54) is 6.20 Å². The molecule has 0 aliphatic carbocycles. The molecule has 0 heterocycles. The topological polar surface area (TPSA) is 88.4 Å². The van der Waals surface area contributed by atoms with E-state index in [9.17, 15) is 0 Å². The molecule has 7 nitrogen and oxygen atoms in total. The van der Waals surface area contributed by atoms with Gasteiger partial charge in [-0.2, -0.15) is 0 Å². The Morgan fingerprint density at radius 1 is 0.875 bits per heavy atom. The second kappa shape index (κ2) is 11.4. The molecule has 0 amide bonds. The van der Waals surface area contributed by atoms with Crippen molar-refractivity contribution in [1.82, 2.24) is 0 Å². The number of hydrogen-bond donors (Lipinski definition) is 3. The van der Waals surface area contributed by atoms with E-state index in [1.807, 2.05) is 0 Å². The SMILES string of the molecule is C=C[N+](OCCO)(OCCO)OCCO.[Br-]. The first-order chi connectivity index (χ1) is 7.24. The van der Waals surface area contributed by atoms with E-state index in [4.69, 9.17) is 29.8 Å². The van der Waals surface area contributed by atoms with Crippen molar-refractivity contribution in [2.75, 3.05) is 39.6 Å². The lowest BCUT2D eigenvalue weighted by molar-refractivity contribution is -1.34. The van der Waals surface area contributed by atoms with Crippen LogP contribution in [0.3, 0.4) is 0 Å². The van der Waals surface area contributed by atoms with Gasteiger partial charge in [0.1, 0.15) is 24.8 Å². The maximum atomic E-state index is 8.60. The van der Waals surface area contributed by atoms with Gasteiger partial charge in [-0.05, 0) is 6.58 Å². The Bertz CT molecular complexity index is 149. The third-order valence-electron chi connectivity index (χ3n) is 1.31. The molecule has 0 unspecified atom stereocenters. The van der Waals surface area contributed by atoms with Crippen LogP contribution in [0.1, 0.15) is 0 Å². The predicted molar refractivity (Wildman–Crippen MR) is 49.6 cm³/mol. The van der Waals surface area contributed by atoms with Gasteiger partial charge in [-0.15, -0.1) is 14.5 Å². The van der Waals surface area contributed by atoms with Crippen LogP contribution in [0.2, 0.25) is 0 Å². The lowest BCUT2D eigenvalue weighted by atomic mass is 10.8. The lowest BCUT2D eigenvalue weighted by Gasteiger charge is -2.24. The number of aliphatic hydroxyl groups excluding tert-OH is 3. The molecule has 16 heavy (non-hydrogen) atoms. The van der Waals surface area contributed by atoms with E-state index >= 15 is 0 Å². The Hall–Kier alpha value is -0.0600. The molecular weight excluding hydrogens is 286 g/mol. The summed E-state index contributed by atoms with van der Waals surface area (Å²) in [4.78, 5) is 14.3. The van der Waals surface area contributed by atoms with Crippen LogP contribution in [0.4, 0.5) is 0 Å². The van der Waals surface area contributed by atoms with Crippen LogP contribution in [0.5, 0.6) is 0 Å². The van der Waals surface area contributed by atoms with Crippen LogP contribution >= 0.6 is 0 Å². The molecule has 0 saturated carbocycles. The van der Waals surface area contributed by atoms with Gasteiger partial charge in [0.05, 0.1) is 19.8 Å². The molecular formula is C8H18BrNO6. The van der Waals surface area contributed by atoms with E-state index in [2.05, 4.69) is 6.58 Å². The van der Waals surface area contributed by atoms with Crippen LogP contribution in [0.15, 0.2) is 12.8 Å². The second-order valence-corrected chi connectivity index (χ2v) is 2.39. The van der Waals surface area contributed by atoms with Crippen molar-refractivity contribution in [1.29, 1.82) is 0 Å². The van der Waals surface area contributed by atoms with Crippen LogP contribution in [-0.2, 0) is 14.5 Å². The molecule has 0 atom stereocenters. The van der Waals surface area contributed by atoms with Crippen molar-refractivity contribution in [2.24, 2.45) is 0 Å². The van der Waals surface area contributed by atoms with E-state index < -0.39 is 4.97 Å². The molecule has 0 aliphatic rings. The number of aliphatic hydroxyl groups is 3. The highest BCUT2D eigenvalue weighted by molar-refractivity contribution is 4.42. The number of hydrogen-bond acceptors (Lipinski definition) is 6. The normalized spacial score (nSPS) is 10.9. The number of halogens is 1. The summed E-state index contributed by atoms with van der Waals surface area (Å²) in [7, 11) is 0. The van der Waals surface area contributed by atoms with Crippen molar-refractivity contribution >= 4 is 0 Å². The summed E-state index contributed by atoms with van der Waals surface area (Å²) in [6.07, 6.45) is 1.20. The fourth-order valence-electron chi connectivity index (χ4n) is 0.774. The molecule has 0 fully saturated rings. The zero-order valence-electron chi connectivity index (χ0n) is 8.92. The van der Waals surface area contributed by atoms with Gasteiger partial charge in [0.2, 0.25) is 0 Å². The van der Waals surface area contributed by atoms with Gasteiger partial charge in [-0.25, -0.2) is 0 Å². The maximum absolute atomic E-state index is 8.60. The third-order valence-corrected chi connectivity index (χ3v) is 1.31. The molecule has 98 valence electrons. The number of rotatable bonds is 10. The van der Waals surface area contributed by atoms with E-state index in [1.54, 1.807) is 0 Å². The number of nitrogens with zero attached hydrogens (tertiary/aromatic N) is 1. The zero-order valence-corrected chi connectivity index (χ0v) is 10.5. The molecule has 8 heteroatoms. The van der Waals surface area contributed by atoms with Gasteiger partial charge in [0, 0.05) is 0 Å². The van der Waals surface area contributed by atoms with Crippen LogP contribution in [0, 0.1) is 0 Å². The summed E-state index contributed by atoms with van der Waals surface area (Å²) in [5.41, 5.74) is 0. The molecule has 3 N–H and O–H groups in total. The van der Waals surface area contributed by atoms with Crippen LogP contribution < -0.4 is 17.0 Å². The molecule has 0 aromatic heterocycles. The molecule has 0 aromatic rings. The minimum absolute atomic E-state index is 0. The first-order valence-electron chi connectivity index (χ1n) is 4.53. The predicted octanol–water partition coefficient (Wildman–Crippen LogP) is -4.28. The molecule has 0 saturated heterocycles. The quantitative estimate of drug-likeness (QED) is 0.280. The standard InChI is InChI=1S/C8H18NO6.BrH/c1-2-9(13-6-3-10,14-7-4-11)15-8-5-12;/h2,10-12H,1,3-8H2;1H/q+1;/p-1. The monoisotopic (exact) mass is 303 g/mol. The van der Waals surface area contributed by atoms with Crippen LogP contribution in [-0.4, -0.2) is 59.9 Å². The summed E-state index contributed by atoms with van der Waals surface area (Å²) in [5, 5.41) is 25.8. The average molecular weight is 304 g/mol. The Labute approximate surface area is 105 Å². The van der Waals surface area contributed by atoms with Crippen LogP contribution in [0.25, 0.3) is 0 Å². The van der Waals surface area contributed by atoms with E-state index in [0.717, 1.165) is 0 Å². The summed E-state index contributed by atoms with van der Waals surface area (Å²) in [5.74, 6) is 0. The highest BCUT2D eigenvalue weighted by Gasteiger charge is 2.31. The maximum Gasteiger partial charge on any atom is 0.195 e. The lowest BCUT2D eigenvalue weighted by Crippen LogP contribution is -3.00. The Balaban J connectivity index is 0. The van der Waals surface area contributed by atoms with Crippen molar-refractivity contribution in [3.8, 4) is 0 Å². The first-order valence-corrected chi connectivity index (χ1v) is 4.53. The largest absolute Gasteiger partial charge is 1.00 e.